The van der Waals surface area contributed by atoms with Crippen molar-refractivity contribution in [2.75, 3.05) is 0 Å². The lowest BCUT2D eigenvalue weighted by molar-refractivity contribution is 0.670. The summed E-state index contributed by atoms with van der Waals surface area (Å²) in [4.78, 5) is 0. The Bertz CT molecular complexity index is 2350. The van der Waals surface area contributed by atoms with Crippen molar-refractivity contribution in [2.45, 2.75) is 0 Å². The maximum Gasteiger partial charge on any atom is 0.143 e. The van der Waals surface area contributed by atoms with E-state index in [9.17, 15) is 0 Å². The lowest BCUT2D eigenvalue weighted by Gasteiger charge is -2.11. The van der Waals surface area contributed by atoms with Crippen LogP contribution >= 0.6 is 0 Å². The van der Waals surface area contributed by atoms with Crippen LogP contribution in [0.5, 0.6) is 0 Å². The molecule has 7 aromatic carbocycles. The van der Waals surface area contributed by atoms with Crippen LogP contribution in [0.2, 0.25) is 0 Å². The number of nitrogens with zero attached hydrogens (tertiary/aromatic N) is 1. The van der Waals surface area contributed by atoms with Gasteiger partial charge in [-0.2, -0.15) is 0 Å². The Morgan fingerprint density at radius 3 is 1.77 bits per heavy atom. The first-order valence-corrected chi connectivity index (χ1v) is 13.7. The maximum absolute atomic E-state index is 6.40. The normalized spacial score (nSPS) is 12.0. The summed E-state index contributed by atoms with van der Waals surface area (Å²) < 4.78 is 8.82. The summed E-state index contributed by atoms with van der Waals surface area (Å²) in [7, 11) is 0. The number of hydrogen-bond acceptors (Lipinski definition) is 1. The minimum atomic E-state index is 0.919. The third kappa shape index (κ3) is 2.93. The second kappa shape index (κ2) is 8.08. The Morgan fingerprint density at radius 1 is 0.450 bits per heavy atom. The van der Waals surface area contributed by atoms with Crippen LogP contribution in [0.1, 0.15) is 0 Å². The minimum Gasteiger partial charge on any atom is -0.455 e. The van der Waals surface area contributed by atoms with Gasteiger partial charge in [0.25, 0.3) is 0 Å². The van der Waals surface area contributed by atoms with Gasteiger partial charge in [-0.25, -0.2) is 0 Å². The zero-order valence-electron chi connectivity index (χ0n) is 21.6. The fourth-order valence-electron chi connectivity index (χ4n) is 6.61. The molecule has 0 spiro atoms. The van der Waals surface area contributed by atoms with Gasteiger partial charge in [-0.05, 0) is 57.4 Å². The van der Waals surface area contributed by atoms with Crippen LogP contribution in [-0.4, -0.2) is 4.57 Å². The van der Waals surface area contributed by atoms with E-state index in [1.54, 1.807) is 0 Å². The Labute approximate surface area is 230 Å². The van der Waals surface area contributed by atoms with Gasteiger partial charge in [-0.1, -0.05) is 109 Å². The van der Waals surface area contributed by atoms with Gasteiger partial charge in [0, 0.05) is 32.8 Å². The summed E-state index contributed by atoms with van der Waals surface area (Å²) >= 11 is 0. The van der Waals surface area contributed by atoms with Gasteiger partial charge < -0.3 is 8.98 Å². The molecule has 0 atom stereocenters. The second-order valence-corrected chi connectivity index (χ2v) is 10.5. The van der Waals surface area contributed by atoms with Crippen molar-refractivity contribution in [2.24, 2.45) is 0 Å². The standard InChI is InChI=1S/C38H23NO/c1-3-13-28-24(9-1)19-21-33-36(28)37-29-14-4-2-10-25(29)20-22-34(37)39(33)27-12-7-11-26(23-27)30-16-8-17-32-31-15-5-6-18-35(31)40-38(30)32/h1-23H. The molecule has 186 valence electrons. The summed E-state index contributed by atoms with van der Waals surface area (Å²) in [5.41, 5.74) is 7.65. The van der Waals surface area contributed by atoms with Crippen molar-refractivity contribution in [3.8, 4) is 16.8 Å². The van der Waals surface area contributed by atoms with E-state index < -0.39 is 0 Å². The van der Waals surface area contributed by atoms with Crippen LogP contribution in [0.25, 0.3) is 82.1 Å². The first kappa shape index (κ1) is 21.6. The Hall–Kier alpha value is -5.34. The highest BCUT2D eigenvalue weighted by Gasteiger charge is 2.18. The largest absolute Gasteiger partial charge is 0.455 e. The molecule has 0 bridgehead atoms. The minimum absolute atomic E-state index is 0.919. The van der Waals surface area contributed by atoms with E-state index in [1.807, 2.05) is 12.1 Å². The van der Waals surface area contributed by atoms with Crippen LogP contribution in [0.3, 0.4) is 0 Å². The monoisotopic (exact) mass is 509 g/mol. The third-order valence-corrected chi connectivity index (χ3v) is 8.37. The Kier molecular flexibility index (Phi) is 4.36. The van der Waals surface area contributed by atoms with Crippen molar-refractivity contribution in [1.82, 2.24) is 4.57 Å². The lowest BCUT2D eigenvalue weighted by atomic mass is 10.00. The van der Waals surface area contributed by atoms with Gasteiger partial charge in [-0.3, -0.25) is 0 Å². The third-order valence-electron chi connectivity index (χ3n) is 8.37. The van der Waals surface area contributed by atoms with Crippen LogP contribution < -0.4 is 0 Å². The average molecular weight is 510 g/mol. The molecule has 0 fully saturated rings. The molecule has 2 nitrogen and oxygen atoms in total. The SMILES string of the molecule is c1cc(-c2cccc3c2oc2ccccc23)cc(-n2c3ccc4ccccc4c3c3c4ccccc4ccc32)c1. The number of hydrogen-bond donors (Lipinski definition) is 0. The van der Waals surface area contributed by atoms with Crippen molar-refractivity contribution in [3.63, 3.8) is 0 Å². The molecule has 2 aromatic heterocycles. The van der Waals surface area contributed by atoms with E-state index in [0.717, 1.165) is 38.8 Å². The Balaban J connectivity index is 1.37. The molecule has 2 heterocycles. The quantitative estimate of drug-likeness (QED) is 0.227. The number of furan rings is 1. The molecule has 0 N–H and O–H groups in total. The summed E-state index contributed by atoms with van der Waals surface area (Å²) in [5, 5.41) is 9.97. The van der Waals surface area contributed by atoms with Gasteiger partial charge in [0.1, 0.15) is 11.2 Å². The number of benzene rings is 7. The predicted octanol–water partition coefficient (Wildman–Crippen LogP) is 10.7. The van der Waals surface area contributed by atoms with E-state index in [-0.39, 0.29) is 0 Å². The van der Waals surface area contributed by atoms with Gasteiger partial charge in [0.05, 0.1) is 11.0 Å². The second-order valence-electron chi connectivity index (χ2n) is 10.5. The van der Waals surface area contributed by atoms with Gasteiger partial charge >= 0.3 is 0 Å². The van der Waals surface area contributed by atoms with E-state index in [4.69, 9.17) is 4.42 Å². The number of rotatable bonds is 2. The summed E-state index contributed by atoms with van der Waals surface area (Å²) in [5.74, 6) is 0. The van der Waals surface area contributed by atoms with Crippen molar-refractivity contribution in [3.05, 3.63) is 140 Å². The zero-order valence-corrected chi connectivity index (χ0v) is 21.6. The van der Waals surface area contributed by atoms with E-state index in [0.29, 0.717) is 0 Å². The van der Waals surface area contributed by atoms with Crippen molar-refractivity contribution in [1.29, 1.82) is 0 Å². The molecule has 0 aliphatic carbocycles. The zero-order chi connectivity index (χ0) is 26.2. The molecule has 0 aliphatic rings. The molecule has 0 amide bonds. The van der Waals surface area contributed by atoms with Crippen LogP contribution in [0.4, 0.5) is 0 Å². The summed E-state index contributed by atoms with van der Waals surface area (Å²) in [6, 6.07) is 50.1. The molecule has 9 aromatic rings. The smallest absolute Gasteiger partial charge is 0.143 e. The molecule has 2 heteroatoms. The lowest BCUT2D eigenvalue weighted by Crippen LogP contribution is -1.94. The van der Waals surface area contributed by atoms with Crippen LogP contribution in [-0.2, 0) is 0 Å². The molecule has 0 saturated heterocycles. The number of para-hydroxylation sites is 2. The van der Waals surface area contributed by atoms with Crippen molar-refractivity contribution >= 4 is 65.3 Å². The molecule has 0 aliphatic heterocycles. The fraction of sp³-hybridized carbons (Fsp3) is 0. The highest BCUT2D eigenvalue weighted by molar-refractivity contribution is 6.28. The molecule has 0 unspecified atom stereocenters. The van der Waals surface area contributed by atoms with Gasteiger partial charge in [0.15, 0.2) is 0 Å². The topological polar surface area (TPSA) is 18.1 Å². The average Bonchev–Trinajstić information content (AvgIpc) is 3.57. The Morgan fingerprint density at radius 2 is 1.05 bits per heavy atom. The molecule has 0 saturated carbocycles. The van der Waals surface area contributed by atoms with Gasteiger partial charge in [-0.15, -0.1) is 0 Å². The summed E-state index contributed by atoms with van der Waals surface area (Å²) in [6.07, 6.45) is 0. The molecular weight excluding hydrogens is 486 g/mol. The van der Waals surface area contributed by atoms with Gasteiger partial charge in [0.2, 0.25) is 0 Å². The summed E-state index contributed by atoms with van der Waals surface area (Å²) in [6.45, 7) is 0. The molecule has 40 heavy (non-hydrogen) atoms. The molecule has 0 radical (unpaired) electrons. The van der Waals surface area contributed by atoms with Crippen molar-refractivity contribution < 1.29 is 4.42 Å². The van der Waals surface area contributed by atoms with E-state index in [1.165, 1.54) is 43.4 Å². The molecular formula is C38H23NO. The van der Waals surface area contributed by atoms with E-state index in [2.05, 4.69) is 132 Å². The van der Waals surface area contributed by atoms with E-state index >= 15 is 0 Å². The highest BCUT2D eigenvalue weighted by atomic mass is 16.3. The first-order valence-electron chi connectivity index (χ1n) is 13.7. The molecule has 9 rings (SSSR count). The predicted molar refractivity (Wildman–Crippen MR) is 169 cm³/mol. The van der Waals surface area contributed by atoms with Crippen LogP contribution in [0.15, 0.2) is 144 Å². The number of aromatic nitrogens is 1. The van der Waals surface area contributed by atoms with Crippen LogP contribution in [0, 0.1) is 0 Å². The number of fused-ring (bicyclic) bond motifs is 10. The highest BCUT2D eigenvalue weighted by Crippen LogP contribution is 2.41. The first-order chi connectivity index (χ1) is 19.8. The maximum atomic E-state index is 6.40. The fourth-order valence-corrected chi connectivity index (χ4v) is 6.61.